The van der Waals surface area contributed by atoms with Crippen LogP contribution in [0.15, 0.2) is 42.2 Å². The van der Waals surface area contributed by atoms with Gasteiger partial charge in [0.25, 0.3) is 0 Å². The number of ether oxygens (including phenoxy) is 1. The molecule has 3 heteroatoms. The first-order chi connectivity index (χ1) is 9.79. The van der Waals surface area contributed by atoms with Gasteiger partial charge in [-0.1, -0.05) is 25.1 Å². The van der Waals surface area contributed by atoms with Crippen LogP contribution in [0.4, 0.5) is 0 Å². The van der Waals surface area contributed by atoms with Crippen LogP contribution in [0.5, 0.6) is 0 Å². The molecule has 3 nitrogen and oxygen atoms in total. The lowest BCUT2D eigenvalue weighted by atomic mass is 9.99. The highest BCUT2D eigenvalue weighted by Crippen LogP contribution is 2.31. The van der Waals surface area contributed by atoms with Crippen molar-refractivity contribution in [1.82, 2.24) is 10.3 Å². The van der Waals surface area contributed by atoms with Gasteiger partial charge >= 0.3 is 0 Å². The number of hydrogen-bond acceptors (Lipinski definition) is 3. The monoisotopic (exact) mass is 268 g/mol. The Kier molecular flexibility index (Phi) is 3.70. The van der Waals surface area contributed by atoms with E-state index in [9.17, 15) is 0 Å². The minimum Gasteiger partial charge on any atom is -0.496 e. The molecule has 1 aromatic heterocycles. The van der Waals surface area contributed by atoms with E-state index < -0.39 is 0 Å². The molecule has 1 aromatic carbocycles. The topological polar surface area (TPSA) is 34.1 Å². The second-order valence-corrected chi connectivity index (χ2v) is 5.10. The minimum atomic E-state index is 0.120. The summed E-state index contributed by atoms with van der Waals surface area (Å²) in [4.78, 5) is 4.62. The third-order valence-electron chi connectivity index (χ3n) is 3.61. The summed E-state index contributed by atoms with van der Waals surface area (Å²) >= 11 is 0. The predicted molar refractivity (Wildman–Crippen MR) is 81.5 cm³/mol. The Hall–Kier alpha value is -1.87. The Bertz CT molecular complexity index is 648. The summed E-state index contributed by atoms with van der Waals surface area (Å²) in [5, 5.41) is 4.73. The zero-order chi connectivity index (χ0) is 13.9. The average molecular weight is 268 g/mol. The third kappa shape index (κ3) is 2.41. The Morgan fingerprint density at radius 2 is 2.20 bits per heavy atom. The van der Waals surface area contributed by atoms with E-state index in [1.165, 1.54) is 10.9 Å². The van der Waals surface area contributed by atoms with Crippen molar-refractivity contribution in [2.45, 2.75) is 26.3 Å². The highest BCUT2D eigenvalue weighted by Gasteiger charge is 2.22. The summed E-state index contributed by atoms with van der Waals surface area (Å²) < 4.78 is 5.79. The van der Waals surface area contributed by atoms with Crippen molar-refractivity contribution in [2.24, 2.45) is 0 Å². The highest BCUT2D eigenvalue weighted by molar-refractivity contribution is 5.83. The number of aromatic nitrogens is 1. The zero-order valence-electron chi connectivity index (χ0n) is 12.0. The number of aryl methyl sites for hydroxylation is 1. The van der Waals surface area contributed by atoms with Crippen LogP contribution in [0.2, 0.25) is 0 Å². The van der Waals surface area contributed by atoms with Crippen LogP contribution < -0.4 is 5.32 Å². The molecule has 1 aliphatic heterocycles. The number of hydrogen-bond donors (Lipinski definition) is 1. The van der Waals surface area contributed by atoms with Crippen molar-refractivity contribution in [2.75, 3.05) is 13.2 Å². The smallest absolute Gasteiger partial charge is 0.114 e. The molecule has 1 atom stereocenters. The fourth-order valence-corrected chi connectivity index (χ4v) is 2.79. The molecular formula is C17H20N2O. The number of likely N-dealkylation sites (N-methyl/N-ethyl adjacent to an activating group) is 1. The number of benzene rings is 1. The van der Waals surface area contributed by atoms with E-state index in [0.29, 0.717) is 0 Å². The molecule has 0 spiro atoms. The molecule has 1 N–H and O–H groups in total. The molecule has 104 valence electrons. The molecule has 0 aliphatic carbocycles. The molecule has 20 heavy (non-hydrogen) atoms. The Morgan fingerprint density at radius 3 is 2.95 bits per heavy atom. The van der Waals surface area contributed by atoms with Crippen LogP contribution in [0, 0.1) is 6.92 Å². The van der Waals surface area contributed by atoms with Gasteiger partial charge in [0.15, 0.2) is 0 Å². The Morgan fingerprint density at radius 1 is 1.35 bits per heavy atom. The summed E-state index contributed by atoms with van der Waals surface area (Å²) in [5.41, 5.74) is 3.34. The van der Waals surface area contributed by atoms with Gasteiger partial charge in [-0.05, 0) is 37.2 Å². The fraction of sp³-hybridized carbons (Fsp3) is 0.353. The normalized spacial score (nSPS) is 16.0. The van der Waals surface area contributed by atoms with Crippen LogP contribution in [0.1, 0.15) is 30.6 Å². The number of nitrogens with one attached hydrogen (secondary N) is 1. The molecule has 2 heterocycles. The van der Waals surface area contributed by atoms with Crippen molar-refractivity contribution in [1.29, 1.82) is 0 Å². The van der Waals surface area contributed by atoms with Crippen molar-refractivity contribution in [3.63, 3.8) is 0 Å². The molecule has 0 radical (unpaired) electrons. The highest BCUT2D eigenvalue weighted by atomic mass is 16.5. The van der Waals surface area contributed by atoms with Gasteiger partial charge in [0.1, 0.15) is 5.76 Å². The Balaban J connectivity index is 2.14. The maximum absolute atomic E-state index is 5.79. The first kappa shape index (κ1) is 13.1. The van der Waals surface area contributed by atoms with E-state index in [2.05, 4.69) is 47.6 Å². The van der Waals surface area contributed by atoms with Crippen LogP contribution >= 0.6 is 0 Å². The molecule has 1 unspecified atom stereocenters. The number of para-hydroxylation sites is 1. The van der Waals surface area contributed by atoms with Crippen LogP contribution in [-0.2, 0) is 4.74 Å². The quantitative estimate of drug-likeness (QED) is 0.921. The van der Waals surface area contributed by atoms with Gasteiger partial charge in [0.05, 0.1) is 18.2 Å². The van der Waals surface area contributed by atoms with Gasteiger partial charge in [0.2, 0.25) is 0 Å². The van der Waals surface area contributed by atoms with Crippen molar-refractivity contribution >= 4 is 10.9 Å². The molecule has 0 bridgehead atoms. The van der Waals surface area contributed by atoms with E-state index in [1.54, 1.807) is 0 Å². The summed E-state index contributed by atoms with van der Waals surface area (Å²) in [7, 11) is 0. The number of pyridine rings is 1. The maximum atomic E-state index is 5.79. The van der Waals surface area contributed by atoms with E-state index in [1.807, 2.05) is 13.0 Å². The molecule has 1 aliphatic rings. The molecule has 2 aromatic rings. The lowest BCUT2D eigenvalue weighted by Gasteiger charge is -2.21. The molecule has 0 saturated carbocycles. The van der Waals surface area contributed by atoms with Gasteiger partial charge in [0, 0.05) is 17.5 Å². The number of nitrogens with zero attached hydrogens (tertiary/aromatic N) is 1. The van der Waals surface area contributed by atoms with E-state index in [-0.39, 0.29) is 6.04 Å². The first-order valence-corrected chi connectivity index (χ1v) is 7.22. The van der Waals surface area contributed by atoms with Crippen LogP contribution in [0.25, 0.3) is 10.9 Å². The largest absolute Gasteiger partial charge is 0.496 e. The summed E-state index contributed by atoms with van der Waals surface area (Å²) in [6.07, 6.45) is 3.19. The predicted octanol–water partition coefficient (Wildman–Crippen LogP) is 3.50. The number of rotatable bonds is 4. The molecule has 0 amide bonds. The van der Waals surface area contributed by atoms with E-state index >= 15 is 0 Å². The fourth-order valence-electron chi connectivity index (χ4n) is 2.79. The van der Waals surface area contributed by atoms with Gasteiger partial charge in [-0.3, -0.25) is 4.98 Å². The van der Waals surface area contributed by atoms with Gasteiger partial charge < -0.3 is 10.1 Å². The van der Waals surface area contributed by atoms with Crippen molar-refractivity contribution in [3.8, 4) is 0 Å². The lowest BCUT2D eigenvalue weighted by Crippen LogP contribution is -2.23. The standard InChI is InChI=1S/C17H20N2O/c1-3-18-17(16-9-6-10-20-16)14-11-12(2)19-15-8-5-4-7-13(14)15/h4-5,7-9,11,17-18H,3,6,10H2,1-2H3. The van der Waals surface area contributed by atoms with Gasteiger partial charge in [-0.2, -0.15) is 0 Å². The summed E-state index contributed by atoms with van der Waals surface area (Å²) in [6, 6.07) is 10.6. The first-order valence-electron chi connectivity index (χ1n) is 7.22. The maximum Gasteiger partial charge on any atom is 0.114 e. The summed E-state index contributed by atoms with van der Waals surface area (Å²) in [5.74, 6) is 1.04. The van der Waals surface area contributed by atoms with Gasteiger partial charge in [-0.25, -0.2) is 0 Å². The van der Waals surface area contributed by atoms with Gasteiger partial charge in [-0.15, -0.1) is 0 Å². The van der Waals surface area contributed by atoms with Crippen molar-refractivity contribution in [3.05, 3.63) is 53.4 Å². The minimum absolute atomic E-state index is 0.120. The van der Waals surface area contributed by atoms with E-state index in [0.717, 1.165) is 36.5 Å². The average Bonchev–Trinajstić information content (AvgIpc) is 2.98. The summed E-state index contributed by atoms with van der Waals surface area (Å²) in [6.45, 7) is 5.86. The van der Waals surface area contributed by atoms with E-state index in [4.69, 9.17) is 4.74 Å². The third-order valence-corrected chi connectivity index (χ3v) is 3.61. The zero-order valence-corrected chi connectivity index (χ0v) is 12.0. The SMILES string of the molecule is CCNC(C1=CCCO1)c1cc(C)nc2ccccc12. The van der Waals surface area contributed by atoms with Crippen LogP contribution in [-0.4, -0.2) is 18.1 Å². The second-order valence-electron chi connectivity index (χ2n) is 5.10. The molecular weight excluding hydrogens is 248 g/mol. The second kappa shape index (κ2) is 5.63. The lowest BCUT2D eigenvalue weighted by molar-refractivity contribution is 0.216. The molecule has 0 saturated heterocycles. The van der Waals surface area contributed by atoms with Crippen LogP contribution in [0.3, 0.4) is 0 Å². The van der Waals surface area contributed by atoms with Crippen molar-refractivity contribution < 1.29 is 4.74 Å². The molecule has 3 rings (SSSR count). The Labute approximate surface area is 119 Å². The molecule has 0 fully saturated rings. The number of fused-ring (bicyclic) bond motifs is 1.